The summed E-state index contributed by atoms with van der Waals surface area (Å²) in [5, 5.41) is 0. The average Bonchev–Trinajstić information content (AvgIpc) is 3.79. The van der Waals surface area contributed by atoms with E-state index in [1.165, 1.54) is 0 Å². The predicted octanol–water partition coefficient (Wildman–Crippen LogP) is 3.76. The topological polar surface area (TPSA) is 98.1 Å². The molecule has 0 unspecified atom stereocenters. The van der Waals surface area contributed by atoms with Gasteiger partial charge in [0.15, 0.2) is 11.6 Å². The Hall–Kier alpha value is -3.16. The SMILES string of the molecule is CCc1nc2ccccc2n1-c1nc(N2CCOCC2)c2sc(CN3CCN(C4CCC5(CC4)OCCO5)CC3=O)cc2n1. The van der Waals surface area contributed by atoms with Gasteiger partial charge in [0, 0.05) is 56.4 Å². The molecule has 232 valence electrons. The van der Waals surface area contributed by atoms with E-state index >= 15 is 0 Å². The second-order valence-corrected chi connectivity index (χ2v) is 13.3. The Labute approximate surface area is 260 Å². The number of aromatic nitrogens is 4. The van der Waals surface area contributed by atoms with Crippen LogP contribution in [0.15, 0.2) is 30.3 Å². The molecule has 4 aliphatic rings. The van der Waals surface area contributed by atoms with E-state index in [0.717, 1.165) is 96.1 Å². The molecule has 11 nitrogen and oxygen atoms in total. The predicted molar refractivity (Wildman–Crippen MR) is 168 cm³/mol. The number of benzene rings is 1. The second kappa shape index (κ2) is 11.6. The molecule has 1 amide bonds. The fraction of sp³-hybridized carbons (Fsp3) is 0.562. The molecule has 3 saturated heterocycles. The molecule has 1 saturated carbocycles. The highest BCUT2D eigenvalue weighted by Gasteiger charge is 2.42. The molecular weight excluding hydrogens is 578 g/mol. The van der Waals surface area contributed by atoms with Crippen molar-refractivity contribution in [3.63, 3.8) is 0 Å². The summed E-state index contributed by atoms with van der Waals surface area (Å²) in [5.74, 6) is 2.34. The Morgan fingerprint density at radius 3 is 2.52 bits per heavy atom. The smallest absolute Gasteiger partial charge is 0.238 e. The Kier molecular flexibility index (Phi) is 7.50. The largest absolute Gasteiger partial charge is 0.378 e. The van der Waals surface area contributed by atoms with Crippen LogP contribution in [0.3, 0.4) is 0 Å². The number of para-hydroxylation sites is 2. The lowest BCUT2D eigenvalue weighted by Gasteiger charge is -2.43. The standard InChI is InChI=1S/C32H39N7O4S/c1-2-27-33-24-5-3-4-6-26(24)39(27)31-34-25-19-23(44-29(25)30(35-31)36-13-15-41-16-14-36)20-38-12-11-37(21-28(38)40)22-7-9-32(10-8-22)42-17-18-43-32/h3-6,19,22H,2,7-18,20-21H2,1H3. The van der Waals surface area contributed by atoms with Gasteiger partial charge in [0.1, 0.15) is 5.82 Å². The summed E-state index contributed by atoms with van der Waals surface area (Å²) in [6.07, 6.45) is 4.63. The molecule has 0 N–H and O–H groups in total. The summed E-state index contributed by atoms with van der Waals surface area (Å²) >= 11 is 1.70. The third-order valence-corrected chi connectivity index (χ3v) is 10.7. The minimum absolute atomic E-state index is 0.194. The number of piperazine rings is 1. The van der Waals surface area contributed by atoms with Gasteiger partial charge in [-0.2, -0.15) is 4.98 Å². The van der Waals surface area contributed by atoms with Crippen LogP contribution in [0.1, 0.15) is 43.3 Å². The molecule has 0 bridgehead atoms. The number of imidazole rings is 1. The van der Waals surface area contributed by atoms with Gasteiger partial charge in [0.2, 0.25) is 11.9 Å². The highest BCUT2D eigenvalue weighted by atomic mass is 32.1. The number of rotatable bonds is 6. The first-order valence-corrected chi connectivity index (χ1v) is 16.8. The molecule has 0 radical (unpaired) electrons. The average molecular weight is 618 g/mol. The van der Waals surface area contributed by atoms with E-state index in [4.69, 9.17) is 29.2 Å². The lowest BCUT2D eigenvalue weighted by atomic mass is 9.88. The Balaban J connectivity index is 1.05. The minimum Gasteiger partial charge on any atom is -0.378 e. The molecule has 3 aliphatic heterocycles. The molecule has 44 heavy (non-hydrogen) atoms. The summed E-state index contributed by atoms with van der Waals surface area (Å²) in [4.78, 5) is 36.4. The van der Waals surface area contributed by atoms with Crippen molar-refractivity contribution in [3.05, 3.63) is 41.0 Å². The maximum atomic E-state index is 13.4. The molecule has 8 rings (SSSR count). The van der Waals surface area contributed by atoms with Crippen molar-refractivity contribution in [1.82, 2.24) is 29.3 Å². The van der Waals surface area contributed by atoms with Crippen molar-refractivity contribution in [2.24, 2.45) is 0 Å². The van der Waals surface area contributed by atoms with Crippen LogP contribution in [0.5, 0.6) is 0 Å². The zero-order chi connectivity index (χ0) is 29.7. The first-order valence-electron chi connectivity index (χ1n) is 16.0. The highest BCUT2D eigenvalue weighted by Crippen LogP contribution is 2.38. The molecule has 6 heterocycles. The van der Waals surface area contributed by atoms with Gasteiger partial charge in [-0.05, 0) is 31.0 Å². The van der Waals surface area contributed by atoms with Gasteiger partial charge in [0.25, 0.3) is 0 Å². The summed E-state index contributed by atoms with van der Waals surface area (Å²) < 4.78 is 20.7. The second-order valence-electron chi connectivity index (χ2n) is 12.2. The number of morpholine rings is 1. The van der Waals surface area contributed by atoms with Crippen LogP contribution in [0.2, 0.25) is 0 Å². The molecule has 0 atom stereocenters. The van der Waals surface area contributed by atoms with Crippen LogP contribution < -0.4 is 4.90 Å². The monoisotopic (exact) mass is 617 g/mol. The van der Waals surface area contributed by atoms with Crippen LogP contribution >= 0.6 is 11.3 Å². The molecular formula is C32H39N7O4S. The Bertz CT molecular complexity index is 1670. The highest BCUT2D eigenvalue weighted by molar-refractivity contribution is 7.19. The van der Waals surface area contributed by atoms with Gasteiger partial charge >= 0.3 is 0 Å². The third-order valence-electron chi connectivity index (χ3n) is 9.59. The van der Waals surface area contributed by atoms with Gasteiger partial charge in [-0.3, -0.25) is 14.3 Å². The molecule has 1 spiro atoms. The Morgan fingerprint density at radius 2 is 1.75 bits per heavy atom. The third kappa shape index (κ3) is 5.16. The lowest BCUT2D eigenvalue weighted by molar-refractivity contribution is -0.185. The normalized spacial score (nSPS) is 21.8. The van der Waals surface area contributed by atoms with Gasteiger partial charge < -0.3 is 24.0 Å². The molecule has 3 aromatic heterocycles. The van der Waals surface area contributed by atoms with Crippen LogP contribution in [-0.2, 0) is 32.0 Å². The van der Waals surface area contributed by atoms with E-state index in [1.54, 1.807) is 11.3 Å². The van der Waals surface area contributed by atoms with Gasteiger partial charge in [-0.15, -0.1) is 11.3 Å². The van der Waals surface area contributed by atoms with Crippen molar-refractivity contribution in [2.45, 2.75) is 57.4 Å². The van der Waals surface area contributed by atoms with E-state index < -0.39 is 0 Å². The van der Waals surface area contributed by atoms with Gasteiger partial charge in [-0.1, -0.05) is 19.1 Å². The van der Waals surface area contributed by atoms with E-state index in [1.807, 2.05) is 23.1 Å². The first-order chi connectivity index (χ1) is 21.6. The van der Waals surface area contributed by atoms with Crippen LogP contribution in [-0.4, -0.2) is 106 Å². The molecule has 1 aromatic carbocycles. The number of hydrogen-bond acceptors (Lipinski definition) is 10. The van der Waals surface area contributed by atoms with Crippen molar-refractivity contribution in [1.29, 1.82) is 0 Å². The van der Waals surface area contributed by atoms with Crippen LogP contribution in [0, 0.1) is 0 Å². The number of nitrogens with zero attached hydrogens (tertiary/aromatic N) is 7. The zero-order valence-electron chi connectivity index (χ0n) is 25.2. The number of anilines is 1. The number of hydrogen-bond donors (Lipinski definition) is 0. The number of carbonyl (C=O) groups is 1. The van der Waals surface area contributed by atoms with Gasteiger partial charge in [0.05, 0.1) is 60.8 Å². The van der Waals surface area contributed by atoms with E-state index in [9.17, 15) is 4.79 Å². The maximum Gasteiger partial charge on any atom is 0.238 e. The molecule has 4 fully saturated rings. The lowest BCUT2D eigenvalue weighted by Crippen LogP contribution is -2.54. The quantitative estimate of drug-likeness (QED) is 0.320. The molecule has 1 aliphatic carbocycles. The maximum absolute atomic E-state index is 13.4. The fourth-order valence-electron chi connectivity index (χ4n) is 7.24. The van der Waals surface area contributed by atoms with Crippen molar-refractivity contribution in [3.8, 4) is 5.95 Å². The summed E-state index contributed by atoms with van der Waals surface area (Å²) in [7, 11) is 0. The number of carbonyl (C=O) groups excluding carboxylic acids is 1. The van der Waals surface area contributed by atoms with Gasteiger partial charge in [-0.25, -0.2) is 9.97 Å². The number of thiophene rings is 1. The van der Waals surface area contributed by atoms with Crippen molar-refractivity contribution in [2.75, 3.05) is 64.1 Å². The number of fused-ring (bicyclic) bond motifs is 2. The van der Waals surface area contributed by atoms with Crippen molar-refractivity contribution >= 4 is 44.3 Å². The Morgan fingerprint density at radius 1 is 0.955 bits per heavy atom. The molecule has 4 aromatic rings. The van der Waals surface area contributed by atoms with E-state index in [2.05, 4.69) is 33.4 Å². The van der Waals surface area contributed by atoms with Crippen LogP contribution in [0.25, 0.3) is 27.2 Å². The number of aryl methyl sites for hydroxylation is 1. The summed E-state index contributed by atoms with van der Waals surface area (Å²) in [6, 6.07) is 10.7. The number of amides is 1. The summed E-state index contributed by atoms with van der Waals surface area (Å²) in [5.41, 5.74) is 2.86. The van der Waals surface area contributed by atoms with E-state index in [-0.39, 0.29) is 11.7 Å². The van der Waals surface area contributed by atoms with Crippen LogP contribution in [0.4, 0.5) is 5.82 Å². The number of ether oxygens (including phenoxy) is 3. The fourth-order valence-corrected chi connectivity index (χ4v) is 8.37. The first kappa shape index (κ1) is 28.3. The van der Waals surface area contributed by atoms with Crippen molar-refractivity contribution < 1.29 is 19.0 Å². The van der Waals surface area contributed by atoms with E-state index in [0.29, 0.717) is 51.5 Å². The minimum atomic E-state index is -0.366. The zero-order valence-corrected chi connectivity index (χ0v) is 26.1. The molecule has 12 heteroatoms. The summed E-state index contributed by atoms with van der Waals surface area (Å²) in [6.45, 7) is 9.11.